The van der Waals surface area contributed by atoms with E-state index in [0.717, 1.165) is 6.20 Å². The van der Waals surface area contributed by atoms with Gasteiger partial charge in [0.2, 0.25) is 0 Å². The zero-order valence-corrected chi connectivity index (χ0v) is 8.61. The molecule has 13 heavy (non-hydrogen) atoms. The topological polar surface area (TPSA) is 33.1 Å². The molecule has 0 unspecified atom stereocenters. The minimum absolute atomic E-state index is 0.188. The van der Waals surface area contributed by atoms with Crippen molar-refractivity contribution in [3.63, 3.8) is 0 Å². The van der Waals surface area contributed by atoms with Crippen LogP contribution >= 0.6 is 27.5 Å². The molecule has 0 aliphatic carbocycles. The Labute approximate surface area is 86.7 Å². The standard InChI is InChI=1S/C7H5BrClF2NO/c8-1-3-6(9)5(7(10)11)4(13)2-12-3/h2,7,13H,1H2. The summed E-state index contributed by atoms with van der Waals surface area (Å²) in [6.07, 6.45) is -1.84. The summed E-state index contributed by atoms with van der Waals surface area (Å²) < 4.78 is 24.6. The van der Waals surface area contributed by atoms with Crippen LogP contribution in [0.2, 0.25) is 5.02 Å². The number of hydrogen-bond acceptors (Lipinski definition) is 2. The third kappa shape index (κ3) is 2.08. The Morgan fingerprint density at radius 3 is 2.69 bits per heavy atom. The summed E-state index contributed by atoms with van der Waals surface area (Å²) in [6.45, 7) is 0. The number of aromatic hydroxyl groups is 1. The van der Waals surface area contributed by atoms with E-state index in [4.69, 9.17) is 16.7 Å². The molecular formula is C7H5BrClF2NO. The largest absolute Gasteiger partial charge is 0.506 e. The minimum atomic E-state index is -2.80. The molecule has 0 saturated heterocycles. The lowest BCUT2D eigenvalue weighted by molar-refractivity contribution is 0.147. The van der Waals surface area contributed by atoms with Crippen LogP contribution in [0.4, 0.5) is 8.78 Å². The van der Waals surface area contributed by atoms with Gasteiger partial charge in [0.15, 0.2) is 0 Å². The summed E-state index contributed by atoms with van der Waals surface area (Å²) in [5.74, 6) is -0.579. The van der Waals surface area contributed by atoms with Crippen LogP contribution in [0, 0.1) is 0 Å². The van der Waals surface area contributed by atoms with Crippen molar-refractivity contribution in [3.05, 3.63) is 22.5 Å². The second-order valence-electron chi connectivity index (χ2n) is 2.25. The predicted molar refractivity (Wildman–Crippen MR) is 48.5 cm³/mol. The molecule has 0 amide bonds. The van der Waals surface area contributed by atoms with Crippen LogP contribution in [0.25, 0.3) is 0 Å². The molecule has 0 atom stereocenters. The Hall–Kier alpha value is -0.420. The number of nitrogens with zero attached hydrogens (tertiary/aromatic N) is 1. The maximum Gasteiger partial charge on any atom is 0.268 e. The molecule has 1 rings (SSSR count). The average molecular weight is 272 g/mol. The van der Waals surface area contributed by atoms with E-state index in [1.54, 1.807) is 0 Å². The Bertz CT molecular complexity index is 322. The monoisotopic (exact) mass is 271 g/mol. The van der Waals surface area contributed by atoms with Gasteiger partial charge < -0.3 is 5.11 Å². The smallest absolute Gasteiger partial charge is 0.268 e. The highest BCUT2D eigenvalue weighted by atomic mass is 79.9. The summed E-state index contributed by atoms with van der Waals surface area (Å²) in [6, 6.07) is 0. The van der Waals surface area contributed by atoms with E-state index in [-0.39, 0.29) is 16.0 Å². The van der Waals surface area contributed by atoms with Gasteiger partial charge in [-0.3, -0.25) is 4.98 Å². The highest BCUT2D eigenvalue weighted by molar-refractivity contribution is 9.08. The van der Waals surface area contributed by atoms with Crippen molar-refractivity contribution in [2.75, 3.05) is 0 Å². The highest BCUT2D eigenvalue weighted by Gasteiger charge is 2.20. The Kier molecular flexibility index (Phi) is 3.44. The molecule has 0 saturated carbocycles. The molecule has 2 nitrogen and oxygen atoms in total. The lowest BCUT2D eigenvalue weighted by Crippen LogP contribution is -1.94. The molecule has 6 heteroatoms. The molecule has 0 aromatic carbocycles. The third-order valence-corrected chi connectivity index (χ3v) is 2.41. The van der Waals surface area contributed by atoms with E-state index in [9.17, 15) is 8.78 Å². The molecule has 1 aromatic heterocycles. The van der Waals surface area contributed by atoms with E-state index in [1.807, 2.05) is 0 Å². The third-order valence-electron chi connectivity index (χ3n) is 1.45. The van der Waals surface area contributed by atoms with Gasteiger partial charge in [-0.2, -0.15) is 0 Å². The van der Waals surface area contributed by atoms with Gasteiger partial charge in [0.25, 0.3) is 6.43 Å². The minimum Gasteiger partial charge on any atom is -0.506 e. The first kappa shape index (κ1) is 10.7. The number of rotatable bonds is 2. The molecule has 0 spiro atoms. The Morgan fingerprint density at radius 1 is 1.62 bits per heavy atom. The van der Waals surface area contributed by atoms with Crippen LogP contribution in [0.5, 0.6) is 5.75 Å². The SMILES string of the molecule is Oc1cnc(CBr)c(Cl)c1C(F)F. The summed E-state index contributed by atoms with van der Waals surface area (Å²) >= 11 is 8.62. The average Bonchev–Trinajstić information content (AvgIpc) is 2.04. The number of aromatic nitrogens is 1. The van der Waals surface area contributed by atoms with Gasteiger partial charge in [-0.25, -0.2) is 8.78 Å². The fourth-order valence-corrected chi connectivity index (χ4v) is 1.72. The van der Waals surface area contributed by atoms with Crippen molar-refractivity contribution < 1.29 is 13.9 Å². The van der Waals surface area contributed by atoms with Crippen LogP contribution < -0.4 is 0 Å². The number of alkyl halides is 3. The van der Waals surface area contributed by atoms with E-state index in [0.29, 0.717) is 0 Å². The summed E-state index contributed by atoms with van der Waals surface area (Å²) in [5.41, 5.74) is -0.277. The second kappa shape index (κ2) is 4.19. The van der Waals surface area contributed by atoms with E-state index < -0.39 is 17.7 Å². The van der Waals surface area contributed by atoms with Crippen molar-refractivity contribution in [2.24, 2.45) is 0 Å². The lowest BCUT2D eigenvalue weighted by atomic mass is 10.2. The van der Waals surface area contributed by atoms with Gasteiger partial charge in [0, 0.05) is 5.33 Å². The van der Waals surface area contributed by atoms with Crippen LogP contribution in [-0.2, 0) is 5.33 Å². The molecule has 1 aromatic rings. The first-order chi connectivity index (χ1) is 6.07. The van der Waals surface area contributed by atoms with Gasteiger partial charge in [-0.15, -0.1) is 0 Å². The number of hydrogen-bond donors (Lipinski definition) is 1. The number of halogens is 4. The summed E-state index contributed by atoms with van der Waals surface area (Å²) in [4.78, 5) is 3.68. The van der Waals surface area contributed by atoms with E-state index in [2.05, 4.69) is 20.9 Å². The molecule has 0 bridgehead atoms. The first-order valence-corrected chi connectivity index (χ1v) is 4.78. The highest BCUT2D eigenvalue weighted by Crippen LogP contribution is 2.35. The van der Waals surface area contributed by atoms with Crippen LogP contribution in [-0.4, -0.2) is 10.1 Å². The van der Waals surface area contributed by atoms with Gasteiger partial charge in [-0.05, 0) is 0 Å². The van der Waals surface area contributed by atoms with Gasteiger partial charge in [0.05, 0.1) is 22.5 Å². The first-order valence-electron chi connectivity index (χ1n) is 3.28. The zero-order chi connectivity index (χ0) is 10.0. The predicted octanol–water partition coefficient (Wildman–Crippen LogP) is 3.27. The molecular weight excluding hydrogens is 267 g/mol. The van der Waals surface area contributed by atoms with Crippen molar-refractivity contribution in [2.45, 2.75) is 11.8 Å². The summed E-state index contributed by atoms with van der Waals surface area (Å²) in [7, 11) is 0. The molecule has 0 aliphatic rings. The molecule has 0 fully saturated rings. The maximum absolute atomic E-state index is 12.3. The van der Waals surface area contributed by atoms with Crippen molar-refractivity contribution in [3.8, 4) is 5.75 Å². The number of pyridine rings is 1. The maximum atomic E-state index is 12.3. The second-order valence-corrected chi connectivity index (χ2v) is 3.19. The van der Waals surface area contributed by atoms with Crippen molar-refractivity contribution in [1.82, 2.24) is 4.98 Å². The van der Waals surface area contributed by atoms with E-state index in [1.165, 1.54) is 0 Å². The molecule has 0 aliphatic heterocycles. The van der Waals surface area contributed by atoms with Gasteiger partial charge in [0.1, 0.15) is 5.75 Å². The normalized spacial score (nSPS) is 10.8. The van der Waals surface area contributed by atoms with Crippen LogP contribution in [0.1, 0.15) is 17.7 Å². The molecule has 72 valence electrons. The molecule has 1 heterocycles. The Morgan fingerprint density at radius 2 is 2.23 bits per heavy atom. The van der Waals surface area contributed by atoms with Crippen LogP contribution in [0.3, 0.4) is 0 Å². The van der Waals surface area contributed by atoms with Gasteiger partial charge >= 0.3 is 0 Å². The quantitative estimate of drug-likeness (QED) is 0.838. The van der Waals surface area contributed by atoms with Crippen LogP contribution in [0.15, 0.2) is 6.20 Å². The fourth-order valence-electron chi connectivity index (χ4n) is 0.834. The molecule has 0 radical (unpaired) electrons. The zero-order valence-electron chi connectivity index (χ0n) is 6.27. The fraction of sp³-hybridized carbons (Fsp3) is 0.286. The summed E-state index contributed by atoms with van der Waals surface area (Å²) in [5, 5.41) is 9.12. The van der Waals surface area contributed by atoms with Gasteiger partial charge in [-0.1, -0.05) is 27.5 Å². The van der Waals surface area contributed by atoms with Crippen molar-refractivity contribution in [1.29, 1.82) is 0 Å². The van der Waals surface area contributed by atoms with E-state index >= 15 is 0 Å². The Balaban J connectivity index is 3.30. The van der Waals surface area contributed by atoms with Crippen molar-refractivity contribution >= 4 is 27.5 Å². The molecule has 1 N–H and O–H groups in total. The lowest BCUT2D eigenvalue weighted by Gasteiger charge is -2.07.